The molecule has 0 aromatic heterocycles. The molecule has 59 heavy (non-hydrogen) atoms. The number of methoxy groups -OCH3 is 5. The van der Waals surface area contributed by atoms with Crippen molar-refractivity contribution in [2.24, 2.45) is 5.92 Å². The van der Waals surface area contributed by atoms with E-state index in [9.17, 15) is 4.79 Å². The molecular weight excluding hydrogens is 753 g/mol. The van der Waals surface area contributed by atoms with Crippen LogP contribution in [0.25, 0.3) is 0 Å². The largest absolute Gasteiger partial charge is 0.493 e. The van der Waals surface area contributed by atoms with Gasteiger partial charge in [0.25, 0.3) is 0 Å². The molecule has 2 saturated heterocycles. The number of nitrogens with zero attached hydrogens (tertiary/aromatic N) is 2. The highest BCUT2D eigenvalue weighted by molar-refractivity contribution is 5.89. The van der Waals surface area contributed by atoms with E-state index >= 15 is 4.79 Å². The van der Waals surface area contributed by atoms with Crippen LogP contribution < -0.4 is 28.4 Å². The van der Waals surface area contributed by atoms with Gasteiger partial charge in [-0.2, -0.15) is 0 Å². The lowest BCUT2D eigenvalue weighted by atomic mass is 9.82. The first-order chi connectivity index (χ1) is 28.8. The van der Waals surface area contributed by atoms with Gasteiger partial charge in [-0.1, -0.05) is 30.4 Å². The van der Waals surface area contributed by atoms with E-state index in [4.69, 9.17) is 37.9 Å². The Hall–Kier alpha value is -4.94. The minimum atomic E-state index is -0.737. The number of likely N-dealkylation sites (tertiary alicyclic amines) is 1. The molecule has 0 N–H and O–H groups in total. The second-order valence-corrected chi connectivity index (χ2v) is 15.4. The molecule has 0 saturated carbocycles. The number of morpholine rings is 1. The molecule has 1 amide bonds. The topological polar surface area (TPSA) is 114 Å². The molecule has 3 aliphatic rings. The van der Waals surface area contributed by atoms with Gasteiger partial charge in [0.1, 0.15) is 24.5 Å². The fraction of sp³-hybridized carbons (Fsp3) is 0.532. The van der Waals surface area contributed by atoms with Crippen molar-refractivity contribution in [3.8, 4) is 34.5 Å². The second kappa shape index (κ2) is 21.9. The fourth-order valence-corrected chi connectivity index (χ4v) is 8.47. The van der Waals surface area contributed by atoms with Gasteiger partial charge in [0.15, 0.2) is 23.0 Å². The van der Waals surface area contributed by atoms with Crippen LogP contribution in [-0.2, 0) is 25.5 Å². The maximum atomic E-state index is 15.0. The molecule has 0 radical (unpaired) electrons. The lowest BCUT2D eigenvalue weighted by molar-refractivity contribution is -0.162. The maximum absolute atomic E-state index is 15.0. The number of amides is 1. The van der Waals surface area contributed by atoms with Crippen molar-refractivity contribution in [3.63, 3.8) is 0 Å². The highest BCUT2D eigenvalue weighted by Crippen LogP contribution is 2.43. The summed E-state index contributed by atoms with van der Waals surface area (Å²) >= 11 is 0. The SMILES string of the molecule is COc1ccc(CC[C@@H](OC(=O)[C@@H]2CCCCN2C(=O)[C@H](CC2C=CCCC2)c2cc(OC)c(OC)c(OC)c2)c2cccc(OCCN3CCOCC3)c2)cc1OC. The molecule has 4 atom stereocenters. The molecule has 3 aromatic carbocycles. The van der Waals surface area contributed by atoms with Gasteiger partial charge in [-0.05, 0) is 117 Å². The summed E-state index contributed by atoms with van der Waals surface area (Å²) in [4.78, 5) is 33.7. The van der Waals surface area contributed by atoms with Crippen LogP contribution in [0.5, 0.6) is 34.5 Å². The molecular formula is C47H62N2O10. The molecule has 2 fully saturated rings. The average molecular weight is 815 g/mol. The van der Waals surface area contributed by atoms with E-state index in [1.165, 1.54) is 0 Å². The summed E-state index contributed by atoms with van der Waals surface area (Å²) in [6.07, 6.45) is 10.8. The summed E-state index contributed by atoms with van der Waals surface area (Å²) in [6, 6.07) is 16.7. The van der Waals surface area contributed by atoms with Crippen molar-refractivity contribution in [1.82, 2.24) is 9.80 Å². The van der Waals surface area contributed by atoms with E-state index in [2.05, 4.69) is 17.1 Å². The smallest absolute Gasteiger partial charge is 0.329 e. The standard InChI is InChI=1S/C47H62N2O10/c1-52-41-20-18-34(29-42(41)53-2)17-19-40(35-14-11-15-37(30-35)58-27-24-48-22-25-57-26-23-48)59-47(51)39-16-9-10-21-49(39)46(50)38(28-33-12-7-6-8-13-33)36-31-43(54-3)45(56-5)44(32-36)55-4/h7,11-12,14-15,18,20,29-33,38-40H,6,8-10,13,16-17,19,21-28H2,1-5H3/t33?,38-,39+,40-/m1/s1. The highest BCUT2D eigenvalue weighted by Gasteiger charge is 2.39. The third kappa shape index (κ3) is 11.4. The van der Waals surface area contributed by atoms with Crippen LogP contribution in [0.15, 0.2) is 66.7 Å². The van der Waals surface area contributed by atoms with Crippen LogP contribution in [0.1, 0.15) is 80.1 Å². The molecule has 2 aliphatic heterocycles. The minimum absolute atomic E-state index is 0.0996. The Morgan fingerprint density at radius 1 is 0.780 bits per heavy atom. The Labute approximate surface area is 349 Å². The Bertz CT molecular complexity index is 1830. The maximum Gasteiger partial charge on any atom is 0.329 e. The zero-order valence-electron chi connectivity index (χ0n) is 35.5. The first-order valence-corrected chi connectivity index (χ1v) is 21.1. The third-order valence-electron chi connectivity index (χ3n) is 11.7. The van der Waals surface area contributed by atoms with Crippen molar-refractivity contribution in [1.29, 1.82) is 0 Å². The molecule has 12 nitrogen and oxygen atoms in total. The number of piperidine rings is 1. The first-order valence-electron chi connectivity index (χ1n) is 21.1. The number of carbonyl (C=O) groups excluding carboxylic acids is 2. The van der Waals surface area contributed by atoms with Crippen molar-refractivity contribution >= 4 is 11.9 Å². The summed E-state index contributed by atoms with van der Waals surface area (Å²) in [5.74, 6) is 2.59. The van der Waals surface area contributed by atoms with Crippen molar-refractivity contribution < 1.29 is 47.5 Å². The van der Waals surface area contributed by atoms with E-state index < -0.39 is 24.0 Å². The predicted molar refractivity (Wildman–Crippen MR) is 225 cm³/mol. The zero-order valence-corrected chi connectivity index (χ0v) is 35.5. The van der Waals surface area contributed by atoms with Crippen LogP contribution in [0.2, 0.25) is 0 Å². The van der Waals surface area contributed by atoms with Gasteiger partial charge < -0.3 is 42.8 Å². The van der Waals surface area contributed by atoms with Crippen molar-refractivity contribution in [2.75, 3.05) is 81.5 Å². The van der Waals surface area contributed by atoms with Gasteiger partial charge in [0.05, 0.1) is 54.7 Å². The number of allylic oxidation sites excluding steroid dienone is 2. The van der Waals surface area contributed by atoms with Gasteiger partial charge in [-0.15, -0.1) is 0 Å². The molecule has 1 aliphatic carbocycles. The number of aryl methyl sites for hydroxylation is 1. The van der Waals surface area contributed by atoms with Gasteiger partial charge >= 0.3 is 5.97 Å². The monoisotopic (exact) mass is 814 g/mol. The number of hydrogen-bond donors (Lipinski definition) is 0. The summed E-state index contributed by atoms with van der Waals surface area (Å²) in [7, 11) is 7.95. The Balaban J connectivity index is 1.26. The average Bonchev–Trinajstić information content (AvgIpc) is 3.29. The number of esters is 1. The number of ether oxygens (including phenoxy) is 8. The third-order valence-corrected chi connectivity index (χ3v) is 11.7. The minimum Gasteiger partial charge on any atom is -0.493 e. The molecule has 3 aromatic rings. The van der Waals surface area contributed by atoms with Crippen molar-refractivity contribution in [2.45, 2.75) is 75.9 Å². The van der Waals surface area contributed by atoms with E-state index in [1.807, 2.05) is 54.6 Å². The summed E-state index contributed by atoms with van der Waals surface area (Å²) in [6.45, 7) is 5.03. The Morgan fingerprint density at radius 2 is 1.54 bits per heavy atom. The molecule has 320 valence electrons. The molecule has 0 spiro atoms. The summed E-state index contributed by atoms with van der Waals surface area (Å²) in [5.41, 5.74) is 2.61. The van der Waals surface area contributed by atoms with Crippen molar-refractivity contribution in [3.05, 3.63) is 83.4 Å². The first kappa shape index (κ1) is 43.6. The van der Waals surface area contributed by atoms with Gasteiger partial charge in [0.2, 0.25) is 11.7 Å². The summed E-state index contributed by atoms with van der Waals surface area (Å²) < 4.78 is 46.4. The van der Waals surface area contributed by atoms with Crippen LogP contribution in [-0.4, -0.2) is 109 Å². The molecule has 12 heteroatoms. The fourth-order valence-electron chi connectivity index (χ4n) is 8.47. The van der Waals surface area contributed by atoms with Gasteiger partial charge in [-0.25, -0.2) is 4.79 Å². The van der Waals surface area contributed by atoms with E-state index in [1.54, 1.807) is 40.4 Å². The molecule has 0 bridgehead atoms. The normalized spacial score (nSPS) is 19.3. The molecule has 6 rings (SSSR count). The zero-order chi connectivity index (χ0) is 41.6. The number of hydrogen-bond acceptors (Lipinski definition) is 11. The van der Waals surface area contributed by atoms with E-state index in [0.29, 0.717) is 73.3 Å². The van der Waals surface area contributed by atoms with E-state index in [-0.39, 0.29) is 11.8 Å². The van der Waals surface area contributed by atoms with Crippen LogP contribution in [0, 0.1) is 5.92 Å². The number of rotatable bonds is 19. The number of benzene rings is 3. The van der Waals surface area contributed by atoms with Gasteiger partial charge in [0, 0.05) is 26.2 Å². The Kier molecular flexibility index (Phi) is 16.2. The van der Waals surface area contributed by atoms with Crippen LogP contribution in [0.3, 0.4) is 0 Å². The lowest BCUT2D eigenvalue weighted by Crippen LogP contribution is -2.50. The lowest BCUT2D eigenvalue weighted by Gasteiger charge is -2.38. The van der Waals surface area contributed by atoms with Crippen LogP contribution >= 0.6 is 0 Å². The van der Waals surface area contributed by atoms with Gasteiger partial charge in [-0.3, -0.25) is 9.69 Å². The quantitative estimate of drug-likeness (QED) is 0.0882. The van der Waals surface area contributed by atoms with E-state index in [0.717, 1.165) is 81.6 Å². The number of carbonyl (C=O) groups is 2. The summed E-state index contributed by atoms with van der Waals surface area (Å²) in [5, 5.41) is 0. The highest BCUT2D eigenvalue weighted by atomic mass is 16.5. The Morgan fingerprint density at radius 3 is 2.24 bits per heavy atom. The second-order valence-electron chi connectivity index (χ2n) is 15.4. The van der Waals surface area contributed by atoms with Crippen LogP contribution in [0.4, 0.5) is 0 Å². The molecule has 1 unspecified atom stereocenters. The predicted octanol–water partition coefficient (Wildman–Crippen LogP) is 7.57. The molecule has 2 heterocycles.